The average molecular weight is 326 g/mol. The Bertz CT molecular complexity index is 697. The van der Waals surface area contributed by atoms with Crippen LogP contribution in [0.5, 0.6) is 0 Å². The molecule has 0 aliphatic rings. The Morgan fingerprint density at radius 1 is 1.25 bits per heavy atom. The molecule has 0 fully saturated rings. The lowest BCUT2D eigenvalue weighted by Gasteiger charge is -2.18. The van der Waals surface area contributed by atoms with Crippen LogP contribution in [0.15, 0.2) is 30.5 Å². The number of benzene rings is 1. The lowest BCUT2D eigenvalue weighted by Crippen LogP contribution is -2.30. The highest BCUT2D eigenvalue weighted by atomic mass is 16.3. The van der Waals surface area contributed by atoms with Gasteiger partial charge in [-0.3, -0.25) is 0 Å². The first-order valence-electron chi connectivity index (χ1n) is 8.38. The molecule has 5 heteroatoms. The van der Waals surface area contributed by atoms with E-state index < -0.39 is 0 Å². The Morgan fingerprint density at radius 2 is 1.92 bits per heavy atom. The van der Waals surface area contributed by atoms with Gasteiger partial charge in [0, 0.05) is 23.8 Å². The number of hydrogen-bond acceptors (Lipinski definition) is 4. The van der Waals surface area contributed by atoms with Gasteiger partial charge in [0.05, 0.1) is 29.6 Å². The van der Waals surface area contributed by atoms with Gasteiger partial charge in [-0.2, -0.15) is 10.4 Å². The third-order valence-electron chi connectivity index (χ3n) is 4.16. The monoisotopic (exact) mass is 326 g/mol. The van der Waals surface area contributed by atoms with Gasteiger partial charge in [0.25, 0.3) is 0 Å². The van der Waals surface area contributed by atoms with Crippen molar-refractivity contribution in [3.63, 3.8) is 0 Å². The summed E-state index contributed by atoms with van der Waals surface area (Å²) in [7, 11) is 0. The van der Waals surface area contributed by atoms with Gasteiger partial charge >= 0.3 is 0 Å². The minimum absolute atomic E-state index is 0.110. The van der Waals surface area contributed by atoms with Crippen molar-refractivity contribution < 1.29 is 5.11 Å². The molecule has 0 aliphatic heterocycles. The van der Waals surface area contributed by atoms with Crippen LogP contribution in [0.25, 0.3) is 5.69 Å². The zero-order chi connectivity index (χ0) is 17.7. The van der Waals surface area contributed by atoms with Crippen LogP contribution in [0.2, 0.25) is 0 Å². The Balaban J connectivity index is 2.07. The Labute approximate surface area is 143 Å². The van der Waals surface area contributed by atoms with Crippen LogP contribution in [0.3, 0.4) is 0 Å². The van der Waals surface area contributed by atoms with Crippen LogP contribution in [0.1, 0.15) is 50.1 Å². The second kappa shape index (κ2) is 8.09. The van der Waals surface area contributed by atoms with E-state index in [2.05, 4.69) is 37.3 Å². The first-order chi connectivity index (χ1) is 11.4. The second-order valence-corrected chi connectivity index (χ2v) is 6.67. The van der Waals surface area contributed by atoms with Crippen LogP contribution < -0.4 is 5.32 Å². The molecule has 0 aliphatic carbocycles. The van der Waals surface area contributed by atoms with Crippen molar-refractivity contribution in [2.75, 3.05) is 6.54 Å². The molecule has 0 saturated carbocycles. The van der Waals surface area contributed by atoms with Gasteiger partial charge in [-0.1, -0.05) is 13.8 Å². The number of nitriles is 1. The minimum atomic E-state index is -0.332. The molecule has 0 saturated heterocycles. The molecule has 2 rings (SSSR count). The predicted molar refractivity (Wildman–Crippen MR) is 94.9 cm³/mol. The van der Waals surface area contributed by atoms with E-state index in [-0.39, 0.29) is 12.1 Å². The summed E-state index contributed by atoms with van der Waals surface area (Å²) in [6.45, 7) is 8.90. The van der Waals surface area contributed by atoms with Gasteiger partial charge in [-0.25, -0.2) is 4.68 Å². The number of aromatic nitrogens is 2. The molecule has 0 amide bonds. The Morgan fingerprint density at radius 3 is 2.50 bits per heavy atom. The van der Waals surface area contributed by atoms with Gasteiger partial charge in [-0.15, -0.1) is 0 Å². The highest BCUT2D eigenvalue weighted by Gasteiger charge is 2.15. The fourth-order valence-electron chi connectivity index (χ4n) is 2.84. The highest BCUT2D eigenvalue weighted by molar-refractivity contribution is 5.40. The van der Waals surface area contributed by atoms with E-state index in [9.17, 15) is 5.11 Å². The SMILES string of the molecule is Cc1c(C(C)NCC(O)CC(C)C)cnn1-c1ccc(C#N)cc1. The van der Waals surface area contributed by atoms with Gasteiger partial charge in [0.15, 0.2) is 0 Å². The summed E-state index contributed by atoms with van der Waals surface area (Å²) in [4.78, 5) is 0. The molecular weight excluding hydrogens is 300 g/mol. The molecule has 1 aromatic heterocycles. The molecular formula is C19H26N4O. The number of aliphatic hydroxyl groups excluding tert-OH is 1. The summed E-state index contributed by atoms with van der Waals surface area (Å²) >= 11 is 0. The lowest BCUT2D eigenvalue weighted by atomic mass is 10.1. The maximum Gasteiger partial charge on any atom is 0.0991 e. The van der Waals surface area contributed by atoms with Crippen molar-refractivity contribution in [2.45, 2.75) is 46.3 Å². The Kier molecular flexibility index (Phi) is 6.13. The minimum Gasteiger partial charge on any atom is -0.392 e. The normalized spacial score (nSPS) is 13.7. The molecule has 2 N–H and O–H groups in total. The van der Waals surface area contributed by atoms with E-state index >= 15 is 0 Å². The number of rotatable bonds is 7. The highest BCUT2D eigenvalue weighted by Crippen LogP contribution is 2.20. The van der Waals surface area contributed by atoms with Crippen molar-refractivity contribution in [3.05, 3.63) is 47.3 Å². The number of nitrogens with zero attached hydrogens (tertiary/aromatic N) is 3. The first-order valence-corrected chi connectivity index (χ1v) is 8.38. The van der Waals surface area contributed by atoms with E-state index in [1.165, 1.54) is 0 Å². The molecule has 5 nitrogen and oxygen atoms in total. The second-order valence-electron chi connectivity index (χ2n) is 6.67. The smallest absolute Gasteiger partial charge is 0.0991 e. The fourth-order valence-corrected chi connectivity index (χ4v) is 2.84. The third kappa shape index (κ3) is 4.44. The number of nitrogens with one attached hydrogen (secondary N) is 1. The van der Waals surface area contributed by atoms with Crippen LogP contribution in [0.4, 0.5) is 0 Å². The van der Waals surface area contributed by atoms with Crippen molar-refractivity contribution in [1.82, 2.24) is 15.1 Å². The zero-order valence-corrected chi connectivity index (χ0v) is 14.8. The van der Waals surface area contributed by atoms with Crippen LogP contribution in [0, 0.1) is 24.2 Å². The predicted octanol–water partition coefficient (Wildman–Crippen LogP) is 3.11. The van der Waals surface area contributed by atoms with Gasteiger partial charge in [-0.05, 0) is 50.5 Å². The van der Waals surface area contributed by atoms with Crippen molar-refractivity contribution in [1.29, 1.82) is 5.26 Å². The lowest BCUT2D eigenvalue weighted by molar-refractivity contribution is 0.143. The topological polar surface area (TPSA) is 73.9 Å². The van der Waals surface area contributed by atoms with Crippen molar-refractivity contribution >= 4 is 0 Å². The van der Waals surface area contributed by atoms with Crippen molar-refractivity contribution in [2.24, 2.45) is 5.92 Å². The molecule has 2 unspecified atom stereocenters. The molecule has 1 heterocycles. The van der Waals surface area contributed by atoms with E-state index in [1.54, 1.807) is 12.1 Å². The molecule has 0 radical (unpaired) electrons. The molecule has 1 aromatic carbocycles. The maximum absolute atomic E-state index is 10.0. The molecule has 2 aromatic rings. The summed E-state index contributed by atoms with van der Waals surface area (Å²) in [5, 5.41) is 26.7. The van der Waals surface area contributed by atoms with E-state index in [1.807, 2.05) is 29.9 Å². The van der Waals surface area contributed by atoms with Crippen LogP contribution >= 0.6 is 0 Å². The van der Waals surface area contributed by atoms with Crippen LogP contribution in [-0.2, 0) is 0 Å². The summed E-state index contributed by atoms with van der Waals surface area (Å²) in [6.07, 6.45) is 2.32. The van der Waals surface area contributed by atoms with E-state index in [0.29, 0.717) is 18.0 Å². The van der Waals surface area contributed by atoms with Crippen LogP contribution in [-0.4, -0.2) is 27.5 Å². The molecule has 2 atom stereocenters. The van der Waals surface area contributed by atoms with Gasteiger partial charge in [0.1, 0.15) is 0 Å². The Hall–Kier alpha value is -2.16. The zero-order valence-electron chi connectivity index (χ0n) is 14.8. The van der Waals surface area contributed by atoms with Crippen molar-refractivity contribution in [3.8, 4) is 11.8 Å². The quantitative estimate of drug-likeness (QED) is 0.820. The van der Waals surface area contributed by atoms with E-state index in [0.717, 1.165) is 23.4 Å². The fraction of sp³-hybridized carbons (Fsp3) is 0.474. The summed E-state index contributed by atoms with van der Waals surface area (Å²) in [6, 6.07) is 9.61. The molecule has 128 valence electrons. The average Bonchev–Trinajstić information content (AvgIpc) is 2.94. The summed E-state index contributed by atoms with van der Waals surface area (Å²) in [5.41, 5.74) is 3.73. The molecule has 0 bridgehead atoms. The summed E-state index contributed by atoms with van der Waals surface area (Å²) in [5.74, 6) is 0.484. The van der Waals surface area contributed by atoms with Gasteiger partial charge < -0.3 is 10.4 Å². The number of aliphatic hydroxyl groups is 1. The van der Waals surface area contributed by atoms with Gasteiger partial charge in [0.2, 0.25) is 0 Å². The largest absolute Gasteiger partial charge is 0.392 e. The summed E-state index contributed by atoms with van der Waals surface area (Å²) < 4.78 is 1.87. The molecule has 24 heavy (non-hydrogen) atoms. The first kappa shape index (κ1) is 18.2. The van der Waals surface area contributed by atoms with E-state index in [4.69, 9.17) is 5.26 Å². The maximum atomic E-state index is 10.0. The molecule has 0 spiro atoms. The number of hydrogen-bond donors (Lipinski definition) is 2. The standard InChI is InChI=1S/C19H26N4O/c1-13(2)9-18(24)11-21-14(3)19-12-22-23(15(19)4)17-7-5-16(10-20)6-8-17/h5-8,12-14,18,21,24H,9,11H2,1-4H3. The third-order valence-corrected chi connectivity index (χ3v) is 4.16.